The zero-order valence-corrected chi connectivity index (χ0v) is 6.28. The van der Waals surface area contributed by atoms with E-state index in [2.05, 4.69) is 12.6 Å². The van der Waals surface area contributed by atoms with E-state index in [1.54, 1.807) is 6.26 Å². The molecule has 0 rings (SSSR count). The maximum atomic E-state index is 9.64. The van der Waals surface area contributed by atoms with Crippen molar-refractivity contribution in [2.24, 2.45) is 0 Å². The molecule has 0 unspecified atom stereocenters. The first-order valence-electron chi connectivity index (χ1n) is 1.69. The predicted octanol–water partition coefficient (Wildman–Crippen LogP) is 1.62. The van der Waals surface area contributed by atoms with Crippen molar-refractivity contribution in [3.63, 3.8) is 0 Å². The maximum absolute atomic E-state index is 9.64. The van der Waals surface area contributed by atoms with Crippen LogP contribution in [0.4, 0.5) is 9.59 Å². The normalized spacial score (nSPS) is 6.89. The molecule has 2 N–H and O–H groups in total. The van der Waals surface area contributed by atoms with Gasteiger partial charge in [-0.25, -0.2) is 4.79 Å². The van der Waals surface area contributed by atoms with Crippen molar-refractivity contribution in [2.45, 2.75) is 0 Å². The summed E-state index contributed by atoms with van der Waals surface area (Å²) in [4.78, 5) is 18.2. The number of carbonyl (C=O) groups excluding carboxylic acids is 1. The van der Waals surface area contributed by atoms with Gasteiger partial charge in [0.1, 0.15) is 0 Å². The van der Waals surface area contributed by atoms with Crippen LogP contribution in [-0.4, -0.2) is 27.1 Å². The predicted molar refractivity (Wildman–Crippen MR) is 38.6 cm³/mol. The van der Waals surface area contributed by atoms with Gasteiger partial charge < -0.3 is 10.2 Å². The maximum Gasteiger partial charge on any atom is 0.503 e. The summed E-state index contributed by atoms with van der Waals surface area (Å²) in [7, 11) is 0. The van der Waals surface area contributed by atoms with Gasteiger partial charge in [0.05, 0.1) is 0 Å². The van der Waals surface area contributed by atoms with Gasteiger partial charge in [0.2, 0.25) is 4.45 Å². The van der Waals surface area contributed by atoms with Crippen molar-refractivity contribution in [2.75, 3.05) is 6.26 Å². The molecule has 0 aliphatic carbocycles. The largest absolute Gasteiger partial charge is 0.503 e. The Morgan fingerprint density at radius 2 is 1.56 bits per heavy atom. The van der Waals surface area contributed by atoms with E-state index in [-0.39, 0.29) is 4.45 Å². The minimum Gasteiger partial charge on any atom is -0.450 e. The lowest BCUT2D eigenvalue weighted by Crippen LogP contribution is -1.81. The monoisotopic (exact) mass is 170 g/mol. The summed E-state index contributed by atoms with van der Waals surface area (Å²) in [6, 6.07) is 0. The van der Waals surface area contributed by atoms with Crippen LogP contribution in [0.15, 0.2) is 0 Å². The number of carbonyl (C=O) groups is 2. The van der Waals surface area contributed by atoms with Crippen molar-refractivity contribution >= 4 is 35.0 Å². The quantitative estimate of drug-likeness (QED) is 0.482. The molecule has 6 heteroatoms. The molecule has 9 heavy (non-hydrogen) atoms. The van der Waals surface area contributed by atoms with Gasteiger partial charge in [-0.2, -0.15) is 0 Å². The second-order valence-corrected chi connectivity index (χ2v) is 2.24. The van der Waals surface area contributed by atoms with Gasteiger partial charge in [-0.15, -0.1) is 0 Å². The number of hydrogen-bond donors (Lipinski definition) is 3. The molecule has 4 nitrogen and oxygen atoms in total. The van der Waals surface area contributed by atoms with Crippen molar-refractivity contribution in [3.8, 4) is 0 Å². The van der Waals surface area contributed by atoms with E-state index in [4.69, 9.17) is 15.0 Å². The fourth-order valence-electron chi connectivity index (χ4n) is 0. The van der Waals surface area contributed by atoms with Gasteiger partial charge in [0, 0.05) is 0 Å². The van der Waals surface area contributed by atoms with Crippen LogP contribution in [0.3, 0.4) is 0 Å². The lowest BCUT2D eigenvalue weighted by Gasteiger charge is -1.70. The van der Waals surface area contributed by atoms with Crippen molar-refractivity contribution in [1.29, 1.82) is 0 Å². The number of rotatable bonds is 0. The summed E-state index contributed by atoms with van der Waals surface area (Å²) < 4.78 is -0.134. The third-order valence-electron chi connectivity index (χ3n) is 0.175. The fourth-order valence-corrected chi connectivity index (χ4v) is 0. The lowest BCUT2D eigenvalue weighted by molar-refractivity contribution is 0.137. The first kappa shape index (κ1) is 11.4. The first-order chi connectivity index (χ1) is 4.00. The van der Waals surface area contributed by atoms with Crippen LogP contribution < -0.4 is 0 Å². The summed E-state index contributed by atoms with van der Waals surface area (Å²) in [6.07, 6.45) is -0.144. The second kappa shape index (κ2) is 7.64. The number of thioether (sulfide) groups is 1. The van der Waals surface area contributed by atoms with Crippen LogP contribution in [0.2, 0.25) is 0 Å². The van der Waals surface area contributed by atoms with Crippen LogP contribution in [-0.2, 0) is 0 Å². The number of thiol groups is 1. The second-order valence-electron chi connectivity index (χ2n) is 0.753. The molecule has 0 atom stereocenters. The van der Waals surface area contributed by atoms with Crippen LogP contribution in [0.5, 0.6) is 0 Å². The molecule has 0 aliphatic rings. The number of hydrogen-bond acceptors (Lipinski definition) is 3. The van der Waals surface area contributed by atoms with Crippen LogP contribution in [0.1, 0.15) is 0 Å². The first-order valence-corrected chi connectivity index (χ1v) is 3.36. The Labute approximate surface area is 61.7 Å². The van der Waals surface area contributed by atoms with E-state index in [9.17, 15) is 4.79 Å². The van der Waals surface area contributed by atoms with Gasteiger partial charge >= 0.3 is 6.16 Å². The van der Waals surface area contributed by atoms with Crippen molar-refractivity contribution < 1.29 is 19.8 Å². The highest BCUT2D eigenvalue weighted by atomic mass is 32.2. The van der Waals surface area contributed by atoms with E-state index in [0.29, 0.717) is 0 Å². The van der Waals surface area contributed by atoms with E-state index in [1.807, 2.05) is 0 Å². The molecule has 0 bridgehead atoms. The van der Waals surface area contributed by atoms with E-state index >= 15 is 0 Å². The van der Waals surface area contributed by atoms with Crippen molar-refractivity contribution in [1.82, 2.24) is 0 Å². The highest BCUT2D eigenvalue weighted by Gasteiger charge is 1.79. The topological polar surface area (TPSA) is 74.6 Å². The van der Waals surface area contributed by atoms with E-state index in [0.717, 1.165) is 11.8 Å². The summed E-state index contributed by atoms with van der Waals surface area (Å²) in [5.41, 5.74) is 0. The third kappa shape index (κ3) is 90.4. The molecule has 0 saturated heterocycles. The molecular weight excluding hydrogens is 164 g/mol. The summed E-state index contributed by atoms with van der Waals surface area (Å²) >= 11 is 4.53. The van der Waals surface area contributed by atoms with Crippen LogP contribution >= 0.6 is 24.4 Å². The molecule has 0 amide bonds. The van der Waals surface area contributed by atoms with Gasteiger partial charge in [0.25, 0.3) is 0 Å². The van der Waals surface area contributed by atoms with Gasteiger partial charge in [0.15, 0.2) is 0 Å². The number of carboxylic acid groups (broad SMARTS) is 2. The van der Waals surface area contributed by atoms with E-state index in [1.165, 1.54) is 0 Å². The Bertz CT molecular complexity index is 98.0. The molecule has 0 saturated carbocycles. The summed E-state index contributed by atoms with van der Waals surface area (Å²) in [5, 5.41) is 13.9. The molecule has 0 aromatic heterocycles. The third-order valence-corrected chi connectivity index (χ3v) is 1.07. The molecule has 0 spiro atoms. The Kier molecular flexibility index (Phi) is 9.71. The van der Waals surface area contributed by atoms with Gasteiger partial charge in [-0.05, 0) is 6.26 Å². The minimum absolute atomic E-state index is 0.134. The Hall–Kier alpha value is -0.360. The Balaban J connectivity index is 0. The van der Waals surface area contributed by atoms with Crippen LogP contribution in [0.25, 0.3) is 0 Å². The molecule has 0 radical (unpaired) electrons. The smallest absolute Gasteiger partial charge is 0.450 e. The molecule has 0 heterocycles. The zero-order valence-electron chi connectivity index (χ0n) is 4.57. The lowest BCUT2D eigenvalue weighted by atomic mass is 11.5. The average Bonchev–Trinajstić information content (AvgIpc) is 1.65. The van der Waals surface area contributed by atoms with Gasteiger partial charge in [-0.1, -0.05) is 24.4 Å². The van der Waals surface area contributed by atoms with E-state index < -0.39 is 6.16 Å². The van der Waals surface area contributed by atoms with Crippen molar-refractivity contribution in [3.05, 3.63) is 0 Å². The summed E-state index contributed by atoms with van der Waals surface area (Å²) in [6.45, 7) is 0. The Morgan fingerprint density at radius 1 is 1.44 bits per heavy atom. The Morgan fingerprint density at radius 3 is 1.56 bits per heavy atom. The molecule has 0 aliphatic heterocycles. The zero-order chi connectivity index (χ0) is 7.86. The standard InChI is InChI=1S/C2H4OS2.CH2O3/c1-5-2(3)4;2-1(3)4/h1H3,(H,3,4);(H2,2,3,4). The SMILES string of the molecule is CSC(=O)S.O=C(O)O. The van der Waals surface area contributed by atoms with Gasteiger partial charge in [-0.3, -0.25) is 4.79 Å². The average molecular weight is 170 g/mol. The molecule has 0 aromatic carbocycles. The fraction of sp³-hybridized carbons (Fsp3) is 0.333. The molecule has 0 aromatic rings. The highest BCUT2D eigenvalue weighted by Crippen LogP contribution is 1.97. The highest BCUT2D eigenvalue weighted by molar-refractivity contribution is 8.31. The molecule has 54 valence electrons. The molecular formula is C3H6O4S2. The molecule has 0 fully saturated rings. The van der Waals surface area contributed by atoms with Crippen LogP contribution in [0, 0.1) is 0 Å². The minimum atomic E-state index is -1.83. The summed E-state index contributed by atoms with van der Waals surface area (Å²) in [5.74, 6) is 0.